The quantitative estimate of drug-likeness (QED) is 0.874. The summed E-state index contributed by atoms with van der Waals surface area (Å²) in [5, 5.41) is 8.57. The molecule has 1 N–H and O–H groups in total. The maximum Gasteiger partial charge on any atom is 0.341 e. The standard InChI is InChI=1S/C10H15N3O3S/c1-7-3-2-4-13(5-7)9-10(12-17-11-9)16-6-8(14)15/h7H,2-6H2,1H3,(H,14,15)/t7-/m1/s1. The first-order valence-electron chi connectivity index (χ1n) is 5.59. The van der Waals surface area contributed by atoms with Gasteiger partial charge < -0.3 is 14.7 Å². The van der Waals surface area contributed by atoms with Crippen molar-refractivity contribution in [2.75, 3.05) is 24.6 Å². The van der Waals surface area contributed by atoms with Gasteiger partial charge in [0.1, 0.15) is 0 Å². The lowest BCUT2D eigenvalue weighted by atomic mass is 10.0. The molecule has 0 spiro atoms. The van der Waals surface area contributed by atoms with Crippen LogP contribution in [0.15, 0.2) is 0 Å². The maximum atomic E-state index is 10.5. The zero-order chi connectivity index (χ0) is 12.3. The molecular formula is C10H15N3O3S. The summed E-state index contributed by atoms with van der Waals surface area (Å²) in [7, 11) is 0. The summed E-state index contributed by atoms with van der Waals surface area (Å²) < 4.78 is 13.3. The Hall–Kier alpha value is -1.37. The van der Waals surface area contributed by atoms with Gasteiger partial charge in [0.15, 0.2) is 6.61 Å². The molecule has 2 rings (SSSR count). The first-order valence-corrected chi connectivity index (χ1v) is 6.32. The van der Waals surface area contributed by atoms with Gasteiger partial charge in [-0.25, -0.2) is 4.79 Å². The molecule has 0 amide bonds. The maximum absolute atomic E-state index is 10.5. The number of carboxylic acids is 1. The third-order valence-corrected chi connectivity index (χ3v) is 3.23. The molecule has 1 aromatic heterocycles. The fraction of sp³-hybridized carbons (Fsp3) is 0.700. The Balaban J connectivity index is 2.04. The third kappa shape index (κ3) is 3.06. The molecule has 6 nitrogen and oxygen atoms in total. The van der Waals surface area contributed by atoms with Crippen molar-refractivity contribution in [3.63, 3.8) is 0 Å². The second kappa shape index (κ2) is 5.31. The first-order chi connectivity index (χ1) is 8.16. The number of carboxylic acid groups (broad SMARTS) is 1. The van der Waals surface area contributed by atoms with Crippen molar-refractivity contribution >= 4 is 23.5 Å². The lowest BCUT2D eigenvalue weighted by Gasteiger charge is -2.30. The Kier molecular flexibility index (Phi) is 3.78. The summed E-state index contributed by atoms with van der Waals surface area (Å²) in [4.78, 5) is 12.6. The number of nitrogens with zero attached hydrogens (tertiary/aromatic N) is 3. The average Bonchev–Trinajstić information content (AvgIpc) is 2.74. The molecule has 0 aliphatic carbocycles. The van der Waals surface area contributed by atoms with E-state index in [0.29, 0.717) is 17.6 Å². The molecule has 1 atom stereocenters. The van der Waals surface area contributed by atoms with Crippen LogP contribution in [0.1, 0.15) is 19.8 Å². The summed E-state index contributed by atoms with van der Waals surface area (Å²) in [5.74, 6) is 0.642. The van der Waals surface area contributed by atoms with E-state index in [2.05, 4.69) is 20.6 Å². The molecule has 94 valence electrons. The van der Waals surface area contributed by atoms with Crippen LogP contribution in [-0.4, -0.2) is 39.5 Å². The number of hydrogen-bond donors (Lipinski definition) is 1. The Morgan fingerprint density at radius 2 is 2.47 bits per heavy atom. The molecule has 0 aromatic carbocycles. The van der Waals surface area contributed by atoms with Crippen LogP contribution in [0.2, 0.25) is 0 Å². The lowest BCUT2D eigenvalue weighted by molar-refractivity contribution is -0.139. The second-order valence-electron chi connectivity index (χ2n) is 4.27. The second-order valence-corrected chi connectivity index (χ2v) is 4.80. The Morgan fingerprint density at radius 3 is 3.18 bits per heavy atom. The number of hydrogen-bond acceptors (Lipinski definition) is 6. The number of carbonyl (C=O) groups is 1. The van der Waals surface area contributed by atoms with Gasteiger partial charge in [-0.3, -0.25) is 0 Å². The molecule has 1 saturated heterocycles. The normalized spacial score (nSPS) is 20.3. The topological polar surface area (TPSA) is 75.5 Å². The number of aliphatic carboxylic acids is 1. The van der Waals surface area contributed by atoms with Crippen LogP contribution >= 0.6 is 11.7 Å². The van der Waals surface area contributed by atoms with E-state index in [-0.39, 0.29) is 6.61 Å². The number of aromatic nitrogens is 2. The largest absolute Gasteiger partial charge is 0.479 e. The molecule has 1 aromatic rings. The highest BCUT2D eigenvalue weighted by molar-refractivity contribution is 6.99. The van der Waals surface area contributed by atoms with E-state index in [4.69, 9.17) is 9.84 Å². The van der Waals surface area contributed by atoms with Crippen molar-refractivity contribution in [2.24, 2.45) is 5.92 Å². The molecule has 7 heteroatoms. The Morgan fingerprint density at radius 1 is 1.65 bits per heavy atom. The van der Waals surface area contributed by atoms with Crippen LogP contribution in [0.25, 0.3) is 0 Å². The van der Waals surface area contributed by atoms with Gasteiger partial charge >= 0.3 is 5.97 Å². The Labute approximate surface area is 104 Å². The zero-order valence-electron chi connectivity index (χ0n) is 9.63. The molecule has 0 unspecified atom stereocenters. The van der Waals surface area contributed by atoms with Gasteiger partial charge in [0.05, 0.1) is 11.7 Å². The van der Waals surface area contributed by atoms with E-state index in [1.807, 2.05) is 0 Å². The monoisotopic (exact) mass is 257 g/mol. The van der Waals surface area contributed by atoms with Crippen LogP contribution in [0.4, 0.5) is 5.82 Å². The summed E-state index contributed by atoms with van der Waals surface area (Å²) in [6.07, 6.45) is 2.34. The van der Waals surface area contributed by atoms with Gasteiger partial charge in [0.2, 0.25) is 5.82 Å². The molecule has 2 heterocycles. The van der Waals surface area contributed by atoms with Gasteiger partial charge in [-0.1, -0.05) is 6.92 Å². The van der Waals surface area contributed by atoms with E-state index >= 15 is 0 Å². The third-order valence-electron chi connectivity index (χ3n) is 2.73. The van der Waals surface area contributed by atoms with Crippen molar-refractivity contribution in [2.45, 2.75) is 19.8 Å². The summed E-state index contributed by atoms with van der Waals surface area (Å²) in [5.41, 5.74) is 0. The minimum atomic E-state index is -1.00. The van der Waals surface area contributed by atoms with Gasteiger partial charge in [-0.15, -0.1) is 4.37 Å². The van der Waals surface area contributed by atoms with Crippen LogP contribution in [0, 0.1) is 5.92 Å². The smallest absolute Gasteiger partial charge is 0.341 e. The highest BCUT2D eigenvalue weighted by Gasteiger charge is 2.23. The molecule has 1 aliphatic heterocycles. The minimum Gasteiger partial charge on any atom is -0.479 e. The van der Waals surface area contributed by atoms with Crippen LogP contribution in [0.3, 0.4) is 0 Å². The molecule has 1 fully saturated rings. The summed E-state index contributed by atoms with van der Waals surface area (Å²) >= 11 is 1.05. The molecule has 0 radical (unpaired) electrons. The number of ether oxygens (including phenoxy) is 1. The van der Waals surface area contributed by atoms with Crippen LogP contribution < -0.4 is 9.64 Å². The fourth-order valence-electron chi connectivity index (χ4n) is 1.97. The highest BCUT2D eigenvalue weighted by atomic mass is 32.1. The van der Waals surface area contributed by atoms with E-state index < -0.39 is 5.97 Å². The Bertz CT molecular complexity index is 396. The van der Waals surface area contributed by atoms with Crippen LogP contribution in [0.5, 0.6) is 5.88 Å². The van der Waals surface area contributed by atoms with Crippen molar-refractivity contribution in [3.8, 4) is 5.88 Å². The van der Waals surface area contributed by atoms with Crippen molar-refractivity contribution in [1.82, 2.24) is 8.75 Å². The predicted octanol–water partition coefficient (Wildman–Crippen LogP) is 1.24. The average molecular weight is 257 g/mol. The van der Waals surface area contributed by atoms with E-state index in [1.165, 1.54) is 6.42 Å². The minimum absolute atomic E-state index is 0.339. The molecule has 0 saturated carbocycles. The SMILES string of the molecule is C[C@@H]1CCCN(c2nsnc2OCC(=O)O)C1. The van der Waals surface area contributed by atoms with Gasteiger partial charge in [0.25, 0.3) is 5.88 Å². The van der Waals surface area contributed by atoms with Crippen molar-refractivity contribution in [1.29, 1.82) is 0 Å². The van der Waals surface area contributed by atoms with Gasteiger partial charge in [0, 0.05) is 13.1 Å². The molecular weight excluding hydrogens is 242 g/mol. The fourth-order valence-corrected chi connectivity index (χ4v) is 2.49. The van der Waals surface area contributed by atoms with E-state index in [9.17, 15) is 4.79 Å². The number of anilines is 1. The lowest BCUT2D eigenvalue weighted by Crippen LogP contribution is -2.34. The molecule has 17 heavy (non-hydrogen) atoms. The van der Waals surface area contributed by atoms with Crippen molar-refractivity contribution < 1.29 is 14.6 Å². The molecule has 0 bridgehead atoms. The van der Waals surface area contributed by atoms with Crippen molar-refractivity contribution in [3.05, 3.63) is 0 Å². The van der Waals surface area contributed by atoms with Crippen LogP contribution in [-0.2, 0) is 4.79 Å². The van der Waals surface area contributed by atoms with E-state index in [1.54, 1.807) is 0 Å². The first kappa shape index (κ1) is 12.1. The zero-order valence-corrected chi connectivity index (χ0v) is 10.4. The number of rotatable bonds is 4. The molecule has 1 aliphatic rings. The van der Waals surface area contributed by atoms with E-state index in [0.717, 1.165) is 31.2 Å². The summed E-state index contributed by atoms with van der Waals surface area (Å²) in [6.45, 7) is 3.68. The van der Waals surface area contributed by atoms with Gasteiger partial charge in [-0.05, 0) is 18.8 Å². The van der Waals surface area contributed by atoms with Gasteiger partial charge in [-0.2, -0.15) is 4.37 Å². The number of piperidine rings is 1. The highest BCUT2D eigenvalue weighted by Crippen LogP contribution is 2.29. The summed E-state index contributed by atoms with van der Waals surface area (Å²) in [6, 6.07) is 0. The predicted molar refractivity (Wildman–Crippen MR) is 63.7 cm³/mol.